The summed E-state index contributed by atoms with van der Waals surface area (Å²) >= 11 is 5.97. The number of benzene rings is 1. The van der Waals surface area contributed by atoms with Crippen molar-refractivity contribution >= 4 is 28.3 Å². The van der Waals surface area contributed by atoms with Crippen LogP contribution in [0.4, 0.5) is 5.82 Å². The van der Waals surface area contributed by atoms with Gasteiger partial charge < -0.3 is 5.32 Å². The zero-order valence-corrected chi connectivity index (χ0v) is 11.8. The molecule has 96 valence electrons. The van der Waals surface area contributed by atoms with Crippen LogP contribution in [0.5, 0.6) is 0 Å². The normalized spacial score (nSPS) is 11.8. The second-order valence-electron chi connectivity index (χ2n) is 5.12. The van der Waals surface area contributed by atoms with Crippen LogP contribution in [0.2, 0.25) is 5.28 Å². The largest absolute Gasteiger partial charge is 0.365 e. The smallest absolute Gasteiger partial charge is 0.224 e. The summed E-state index contributed by atoms with van der Waals surface area (Å²) in [7, 11) is 0. The lowest BCUT2D eigenvalue weighted by molar-refractivity contribution is 0.509. The van der Waals surface area contributed by atoms with Crippen molar-refractivity contribution in [1.29, 1.82) is 0 Å². The third kappa shape index (κ3) is 2.91. The van der Waals surface area contributed by atoms with E-state index in [4.69, 9.17) is 11.6 Å². The fourth-order valence-corrected chi connectivity index (χ4v) is 2.33. The van der Waals surface area contributed by atoms with Crippen molar-refractivity contribution in [3.63, 3.8) is 0 Å². The molecule has 0 bridgehead atoms. The Balaban J connectivity index is 2.44. The highest BCUT2D eigenvalue weighted by atomic mass is 35.5. The van der Waals surface area contributed by atoms with Crippen LogP contribution in [-0.2, 0) is 0 Å². The number of nitrogens with one attached hydrogen (secondary N) is 1. The minimum Gasteiger partial charge on any atom is -0.365 e. The molecular formula is C14H18ClN3. The number of rotatable bonds is 4. The first-order valence-electron chi connectivity index (χ1n) is 6.22. The molecule has 4 heteroatoms. The van der Waals surface area contributed by atoms with Gasteiger partial charge in [0, 0.05) is 10.9 Å². The molecule has 1 aromatic heterocycles. The molecule has 2 rings (SSSR count). The predicted octanol–water partition coefficient (Wildman–Crippen LogP) is 4.27. The van der Waals surface area contributed by atoms with Gasteiger partial charge in [-0.25, -0.2) is 9.97 Å². The van der Waals surface area contributed by atoms with Crippen LogP contribution in [0, 0.1) is 0 Å². The standard InChI is InChI=1S/C14H18ClN3/c1-4-9-14(2,3)18-12-10-7-5-6-8-11(10)16-13(15)17-12/h5-8H,4,9H2,1-3H3,(H,16,17,18). The van der Waals surface area contributed by atoms with Crippen LogP contribution in [0.15, 0.2) is 24.3 Å². The first kappa shape index (κ1) is 13.1. The number of para-hydroxylation sites is 1. The first-order valence-corrected chi connectivity index (χ1v) is 6.60. The Labute approximate surface area is 113 Å². The zero-order valence-electron chi connectivity index (χ0n) is 11.0. The maximum atomic E-state index is 5.97. The van der Waals surface area contributed by atoms with Crippen LogP contribution in [-0.4, -0.2) is 15.5 Å². The lowest BCUT2D eigenvalue weighted by atomic mass is 9.99. The summed E-state index contributed by atoms with van der Waals surface area (Å²) in [5.74, 6) is 0.809. The van der Waals surface area contributed by atoms with Gasteiger partial charge in [0.05, 0.1) is 5.52 Å². The Hall–Kier alpha value is -1.35. The van der Waals surface area contributed by atoms with Crippen molar-refractivity contribution in [1.82, 2.24) is 9.97 Å². The Kier molecular flexibility index (Phi) is 3.71. The van der Waals surface area contributed by atoms with Gasteiger partial charge in [-0.2, -0.15) is 0 Å². The van der Waals surface area contributed by atoms with Gasteiger partial charge >= 0.3 is 0 Å². The highest BCUT2D eigenvalue weighted by Crippen LogP contribution is 2.26. The van der Waals surface area contributed by atoms with Gasteiger partial charge in [0.1, 0.15) is 5.82 Å². The summed E-state index contributed by atoms with van der Waals surface area (Å²) < 4.78 is 0. The number of hydrogen-bond donors (Lipinski definition) is 1. The van der Waals surface area contributed by atoms with Crippen molar-refractivity contribution in [3.05, 3.63) is 29.5 Å². The zero-order chi connectivity index (χ0) is 13.2. The van der Waals surface area contributed by atoms with Crippen molar-refractivity contribution in [3.8, 4) is 0 Å². The fourth-order valence-electron chi connectivity index (χ4n) is 2.15. The van der Waals surface area contributed by atoms with Crippen molar-refractivity contribution in [2.75, 3.05) is 5.32 Å². The molecule has 18 heavy (non-hydrogen) atoms. The van der Waals surface area contributed by atoms with Gasteiger partial charge in [0.15, 0.2) is 0 Å². The van der Waals surface area contributed by atoms with Crippen molar-refractivity contribution in [2.45, 2.75) is 39.2 Å². The van der Waals surface area contributed by atoms with Gasteiger partial charge in [0.25, 0.3) is 0 Å². The molecule has 1 aromatic carbocycles. The molecule has 1 heterocycles. The molecule has 0 fully saturated rings. The first-order chi connectivity index (χ1) is 8.52. The van der Waals surface area contributed by atoms with Gasteiger partial charge in [-0.15, -0.1) is 0 Å². The molecule has 0 spiro atoms. The van der Waals surface area contributed by atoms with E-state index in [9.17, 15) is 0 Å². The third-order valence-corrected chi connectivity index (χ3v) is 3.08. The lowest BCUT2D eigenvalue weighted by Crippen LogP contribution is -2.31. The number of aromatic nitrogens is 2. The molecule has 3 nitrogen and oxygen atoms in total. The van der Waals surface area contributed by atoms with Crippen LogP contribution < -0.4 is 5.32 Å². The van der Waals surface area contributed by atoms with Crippen LogP contribution in [0.1, 0.15) is 33.6 Å². The van der Waals surface area contributed by atoms with Gasteiger partial charge in [-0.05, 0) is 44.0 Å². The number of nitrogens with zero attached hydrogens (tertiary/aromatic N) is 2. The van der Waals surface area contributed by atoms with E-state index in [-0.39, 0.29) is 10.8 Å². The van der Waals surface area contributed by atoms with E-state index in [0.29, 0.717) is 0 Å². The molecule has 0 atom stereocenters. The molecule has 0 aliphatic heterocycles. The van der Waals surface area contributed by atoms with Crippen molar-refractivity contribution < 1.29 is 0 Å². The number of fused-ring (bicyclic) bond motifs is 1. The van der Waals surface area contributed by atoms with E-state index in [1.807, 2.05) is 24.3 Å². The van der Waals surface area contributed by atoms with E-state index < -0.39 is 0 Å². The Morgan fingerprint density at radius 3 is 2.67 bits per heavy atom. The van der Waals surface area contributed by atoms with E-state index in [1.165, 1.54) is 0 Å². The highest BCUT2D eigenvalue weighted by Gasteiger charge is 2.18. The van der Waals surface area contributed by atoms with Crippen molar-refractivity contribution in [2.24, 2.45) is 0 Å². The fraction of sp³-hybridized carbons (Fsp3) is 0.429. The average Bonchev–Trinajstić information content (AvgIpc) is 2.28. The van der Waals surface area contributed by atoms with Crippen LogP contribution in [0.25, 0.3) is 10.9 Å². The summed E-state index contributed by atoms with van der Waals surface area (Å²) in [6, 6.07) is 7.89. The SMILES string of the molecule is CCCC(C)(C)Nc1nc(Cl)nc2ccccc12. The Morgan fingerprint density at radius 2 is 1.94 bits per heavy atom. The third-order valence-electron chi connectivity index (χ3n) is 2.91. The monoisotopic (exact) mass is 263 g/mol. The molecule has 0 aliphatic carbocycles. The summed E-state index contributed by atoms with van der Waals surface area (Å²) in [6.45, 7) is 6.51. The highest BCUT2D eigenvalue weighted by molar-refractivity contribution is 6.28. The number of halogens is 1. The summed E-state index contributed by atoms with van der Waals surface area (Å²) in [5.41, 5.74) is 0.863. The Bertz CT molecular complexity index is 552. The second-order valence-corrected chi connectivity index (χ2v) is 5.46. The molecule has 2 aromatic rings. The van der Waals surface area contributed by atoms with Gasteiger partial charge in [0.2, 0.25) is 5.28 Å². The molecule has 0 amide bonds. The topological polar surface area (TPSA) is 37.8 Å². The molecule has 0 unspecified atom stereocenters. The maximum Gasteiger partial charge on any atom is 0.224 e. The average molecular weight is 264 g/mol. The Morgan fingerprint density at radius 1 is 1.22 bits per heavy atom. The minimum absolute atomic E-state index is 0.00476. The molecule has 0 aliphatic rings. The molecule has 0 saturated carbocycles. The van der Waals surface area contributed by atoms with Gasteiger partial charge in [-0.1, -0.05) is 25.5 Å². The molecule has 1 N–H and O–H groups in total. The lowest BCUT2D eigenvalue weighted by Gasteiger charge is -2.27. The van der Waals surface area contributed by atoms with E-state index in [2.05, 4.69) is 36.1 Å². The van der Waals surface area contributed by atoms with Crippen LogP contribution >= 0.6 is 11.6 Å². The number of anilines is 1. The van der Waals surface area contributed by atoms with E-state index in [0.717, 1.165) is 29.6 Å². The summed E-state index contributed by atoms with van der Waals surface area (Å²) in [5, 5.41) is 4.75. The second kappa shape index (κ2) is 5.11. The quantitative estimate of drug-likeness (QED) is 0.837. The maximum absolute atomic E-state index is 5.97. The van der Waals surface area contributed by atoms with Crippen LogP contribution in [0.3, 0.4) is 0 Å². The summed E-state index contributed by atoms with van der Waals surface area (Å²) in [6.07, 6.45) is 2.19. The number of hydrogen-bond acceptors (Lipinski definition) is 3. The van der Waals surface area contributed by atoms with E-state index in [1.54, 1.807) is 0 Å². The minimum atomic E-state index is -0.00476. The predicted molar refractivity (Wildman–Crippen MR) is 77.2 cm³/mol. The van der Waals surface area contributed by atoms with Gasteiger partial charge in [-0.3, -0.25) is 0 Å². The molecule has 0 saturated heterocycles. The summed E-state index contributed by atoms with van der Waals surface area (Å²) in [4.78, 5) is 8.54. The molecule has 0 radical (unpaired) electrons. The molecular weight excluding hydrogens is 246 g/mol. The van der Waals surface area contributed by atoms with E-state index >= 15 is 0 Å².